The number of hydrogen-bond acceptors (Lipinski definition) is 7. The molecule has 2 N–H and O–H groups in total. The zero-order valence-electron chi connectivity index (χ0n) is 15.3. The van der Waals surface area contributed by atoms with Crippen molar-refractivity contribution < 1.29 is 22.8 Å². The molecule has 0 saturated carbocycles. The fourth-order valence-electron chi connectivity index (χ4n) is 2.81. The van der Waals surface area contributed by atoms with Gasteiger partial charge in [0.2, 0.25) is 10.0 Å². The van der Waals surface area contributed by atoms with E-state index in [4.69, 9.17) is 9.47 Å². The van der Waals surface area contributed by atoms with Crippen LogP contribution in [0.3, 0.4) is 0 Å². The fourth-order valence-corrected chi connectivity index (χ4v) is 3.56. The second-order valence-corrected chi connectivity index (χ2v) is 8.13. The number of nitro benzene ring substituents is 1. The van der Waals surface area contributed by atoms with Crippen molar-refractivity contribution in [3.05, 3.63) is 52.6 Å². The normalized spacial score (nSPS) is 16.7. The van der Waals surface area contributed by atoms with E-state index in [0.29, 0.717) is 18.0 Å². The number of nitro groups is 1. The molecule has 1 saturated heterocycles. The van der Waals surface area contributed by atoms with Crippen molar-refractivity contribution in [1.29, 1.82) is 0 Å². The summed E-state index contributed by atoms with van der Waals surface area (Å²) >= 11 is 0. The second-order valence-electron chi connectivity index (χ2n) is 6.24. The van der Waals surface area contributed by atoms with Crippen molar-refractivity contribution in [2.75, 3.05) is 25.6 Å². The molecule has 1 aliphatic heterocycles. The molecule has 3 rings (SSSR count). The third-order valence-corrected chi connectivity index (χ3v) is 5.75. The number of anilines is 2. The first-order valence-corrected chi connectivity index (χ1v) is 10.2. The summed E-state index contributed by atoms with van der Waals surface area (Å²) in [7, 11) is -2.53. The summed E-state index contributed by atoms with van der Waals surface area (Å²) in [6, 6.07) is 10.7. The van der Waals surface area contributed by atoms with Crippen LogP contribution < -0.4 is 14.8 Å². The van der Waals surface area contributed by atoms with Crippen LogP contribution in [-0.4, -0.2) is 39.7 Å². The van der Waals surface area contributed by atoms with Gasteiger partial charge in [-0.2, -0.15) is 0 Å². The van der Waals surface area contributed by atoms with E-state index in [1.54, 1.807) is 24.3 Å². The Kier molecular flexibility index (Phi) is 6.12. The monoisotopic (exact) mass is 407 g/mol. The minimum Gasteiger partial charge on any atom is -0.491 e. The van der Waals surface area contributed by atoms with Gasteiger partial charge in [0.05, 0.1) is 15.9 Å². The quantitative estimate of drug-likeness (QED) is 0.510. The number of hydrogen-bond donors (Lipinski definition) is 2. The molecule has 1 fully saturated rings. The Labute approximate surface area is 162 Å². The first-order chi connectivity index (χ1) is 13.4. The fraction of sp³-hybridized carbons (Fsp3) is 0.333. The SMILES string of the molecule is CNS(=O)(=O)c1ccc(Nc2ccc(OC[C@@H]3CCCO3)cc2)c([N+](=O)[O-])c1. The lowest BCUT2D eigenvalue weighted by molar-refractivity contribution is -0.384. The third kappa shape index (κ3) is 4.77. The van der Waals surface area contributed by atoms with Crippen LogP contribution in [0, 0.1) is 10.1 Å². The Morgan fingerprint density at radius 3 is 2.61 bits per heavy atom. The van der Waals surface area contributed by atoms with Crippen molar-refractivity contribution in [1.82, 2.24) is 4.72 Å². The Morgan fingerprint density at radius 2 is 2.00 bits per heavy atom. The number of sulfonamides is 1. The molecule has 0 unspecified atom stereocenters. The number of ether oxygens (including phenoxy) is 2. The molecule has 1 heterocycles. The molecule has 150 valence electrons. The molecule has 0 radical (unpaired) electrons. The van der Waals surface area contributed by atoms with Gasteiger partial charge in [0, 0.05) is 18.4 Å². The molecule has 0 aliphatic carbocycles. The number of nitrogens with one attached hydrogen (secondary N) is 2. The highest BCUT2D eigenvalue weighted by Gasteiger charge is 2.20. The van der Waals surface area contributed by atoms with Crippen LogP contribution in [0.15, 0.2) is 47.4 Å². The number of benzene rings is 2. The third-order valence-electron chi connectivity index (χ3n) is 4.34. The van der Waals surface area contributed by atoms with Gasteiger partial charge >= 0.3 is 0 Å². The van der Waals surface area contributed by atoms with E-state index in [-0.39, 0.29) is 22.4 Å². The van der Waals surface area contributed by atoms with Crippen LogP contribution in [0.5, 0.6) is 5.75 Å². The molecular formula is C18H21N3O6S. The average Bonchev–Trinajstić information content (AvgIpc) is 3.21. The van der Waals surface area contributed by atoms with E-state index in [0.717, 1.165) is 25.5 Å². The van der Waals surface area contributed by atoms with Crippen LogP contribution in [0.2, 0.25) is 0 Å². The first-order valence-electron chi connectivity index (χ1n) is 8.72. The van der Waals surface area contributed by atoms with Gasteiger partial charge in [-0.1, -0.05) is 0 Å². The van der Waals surface area contributed by atoms with Crippen LogP contribution >= 0.6 is 0 Å². The molecule has 1 atom stereocenters. The molecule has 2 aromatic carbocycles. The van der Waals surface area contributed by atoms with Crippen molar-refractivity contribution >= 4 is 27.1 Å². The van der Waals surface area contributed by atoms with E-state index in [1.165, 1.54) is 19.2 Å². The first kappa shape index (κ1) is 20.1. The van der Waals surface area contributed by atoms with E-state index in [2.05, 4.69) is 10.0 Å². The zero-order chi connectivity index (χ0) is 20.1. The number of nitrogens with zero attached hydrogens (tertiary/aromatic N) is 1. The minimum absolute atomic E-state index is 0.118. The lowest BCUT2D eigenvalue weighted by Crippen LogP contribution is -2.18. The van der Waals surface area contributed by atoms with Crippen molar-refractivity contribution in [3.63, 3.8) is 0 Å². The van der Waals surface area contributed by atoms with Gasteiger partial charge in [0.25, 0.3) is 5.69 Å². The highest BCUT2D eigenvalue weighted by Crippen LogP contribution is 2.30. The Balaban J connectivity index is 1.72. The summed E-state index contributed by atoms with van der Waals surface area (Å²) in [6.07, 6.45) is 2.15. The molecule has 28 heavy (non-hydrogen) atoms. The van der Waals surface area contributed by atoms with Crippen LogP contribution in [0.1, 0.15) is 12.8 Å². The summed E-state index contributed by atoms with van der Waals surface area (Å²) in [4.78, 5) is 10.6. The lowest BCUT2D eigenvalue weighted by atomic mass is 10.2. The summed E-state index contributed by atoms with van der Waals surface area (Å²) < 4.78 is 37.1. The highest BCUT2D eigenvalue weighted by atomic mass is 32.2. The zero-order valence-corrected chi connectivity index (χ0v) is 16.1. The summed E-state index contributed by atoms with van der Waals surface area (Å²) in [5.74, 6) is 0.672. The topological polar surface area (TPSA) is 120 Å². The van der Waals surface area contributed by atoms with Crippen molar-refractivity contribution in [2.24, 2.45) is 0 Å². The van der Waals surface area contributed by atoms with Crippen molar-refractivity contribution in [2.45, 2.75) is 23.8 Å². The molecule has 10 heteroatoms. The summed E-state index contributed by atoms with van der Waals surface area (Å²) in [5, 5.41) is 14.3. The van der Waals surface area contributed by atoms with Gasteiger partial charge in [0.15, 0.2) is 0 Å². The van der Waals surface area contributed by atoms with Crippen LogP contribution in [0.4, 0.5) is 17.1 Å². The molecule has 2 aromatic rings. The molecule has 9 nitrogen and oxygen atoms in total. The Bertz CT molecular complexity index is 940. The summed E-state index contributed by atoms with van der Waals surface area (Å²) in [5.41, 5.74) is 0.458. The predicted octanol–water partition coefficient (Wildman–Crippen LogP) is 2.80. The molecular weight excluding hydrogens is 386 g/mol. The van der Waals surface area contributed by atoms with Crippen molar-refractivity contribution in [3.8, 4) is 5.75 Å². The molecule has 0 amide bonds. The van der Waals surface area contributed by atoms with E-state index in [9.17, 15) is 18.5 Å². The van der Waals surface area contributed by atoms with Crippen LogP contribution in [-0.2, 0) is 14.8 Å². The van der Waals surface area contributed by atoms with Gasteiger partial charge in [-0.05, 0) is 56.3 Å². The smallest absolute Gasteiger partial charge is 0.294 e. The predicted molar refractivity (Wildman–Crippen MR) is 104 cm³/mol. The maximum absolute atomic E-state index is 11.9. The largest absolute Gasteiger partial charge is 0.491 e. The lowest BCUT2D eigenvalue weighted by Gasteiger charge is -2.12. The summed E-state index contributed by atoms with van der Waals surface area (Å²) in [6.45, 7) is 1.25. The van der Waals surface area contributed by atoms with E-state index < -0.39 is 14.9 Å². The van der Waals surface area contributed by atoms with Gasteiger partial charge in [-0.15, -0.1) is 0 Å². The van der Waals surface area contributed by atoms with Gasteiger partial charge in [-0.25, -0.2) is 13.1 Å². The minimum atomic E-state index is -3.77. The van der Waals surface area contributed by atoms with Gasteiger partial charge in [0.1, 0.15) is 18.0 Å². The van der Waals surface area contributed by atoms with Gasteiger partial charge in [-0.3, -0.25) is 10.1 Å². The maximum Gasteiger partial charge on any atom is 0.294 e. The molecule has 1 aliphatic rings. The Hall–Kier alpha value is -2.69. The van der Waals surface area contributed by atoms with Crippen LogP contribution in [0.25, 0.3) is 0 Å². The molecule has 0 bridgehead atoms. The van der Waals surface area contributed by atoms with E-state index in [1.807, 2.05) is 0 Å². The van der Waals surface area contributed by atoms with E-state index >= 15 is 0 Å². The highest BCUT2D eigenvalue weighted by molar-refractivity contribution is 7.89. The molecule has 0 spiro atoms. The van der Waals surface area contributed by atoms with Gasteiger partial charge < -0.3 is 14.8 Å². The second kappa shape index (κ2) is 8.55. The Morgan fingerprint density at radius 1 is 1.25 bits per heavy atom. The standard InChI is InChI=1S/C18H21N3O6S/c1-19-28(24,25)16-8-9-17(18(11-16)21(22)23)20-13-4-6-14(7-5-13)27-12-15-3-2-10-26-15/h4-9,11,15,19-20H,2-3,10,12H2,1H3/t15-/m0/s1. The number of rotatable bonds is 8. The maximum atomic E-state index is 11.9. The molecule has 0 aromatic heterocycles. The average molecular weight is 407 g/mol.